The largest absolute Gasteiger partial charge is 0.330 e. The highest BCUT2D eigenvalue weighted by Gasteiger charge is 2.00. The SMILES string of the molecule is NCCSCc1nnc(Cl)s1. The van der Waals surface area contributed by atoms with Crippen molar-refractivity contribution in [2.24, 2.45) is 5.73 Å². The summed E-state index contributed by atoms with van der Waals surface area (Å²) in [6, 6.07) is 0. The van der Waals surface area contributed by atoms with Crippen LogP contribution in [0.1, 0.15) is 5.01 Å². The van der Waals surface area contributed by atoms with Crippen LogP contribution in [0.4, 0.5) is 0 Å². The number of hydrogen-bond donors (Lipinski definition) is 1. The molecule has 11 heavy (non-hydrogen) atoms. The van der Waals surface area contributed by atoms with Crippen LogP contribution in [0.25, 0.3) is 0 Å². The molecule has 1 heterocycles. The number of rotatable bonds is 4. The van der Waals surface area contributed by atoms with Crippen molar-refractivity contribution in [2.75, 3.05) is 12.3 Å². The summed E-state index contributed by atoms with van der Waals surface area (Å²) in [7, 11) is 0. The molecule has 3 nitrogen and oxygen atoms in total. The van der Waals surface area contributed by atoms with E-state index in [0.717, 1.165) is 16.5 Å². The van der Waals surface area contributed by atoms with Crippen LogP contribution in [0, 0.1) is 0 Å². The Hall–Kier alpha value is 0.160. The summed E-state index contributed by atoms with van der Waals surface area (Å²) in [5.41, 5.74) is 5.32. The lowest BCUT2D eigenvalue weighted by Gasteiger charge is -1.92. The van der Waals surface area contributed by atoms with Crippen LogP contribution < -0.4 is 5.73 Å². The van der Waals surface area contributed by atoms with Gasteiger partial charge in [-0.15, -0.1) is 10.2 Å². The van der Waals surface area contributed by atoms with E-state index in [1.165, 1.54) is 11.3 Å². The summed E-state index contributed by atoms with van der Waals surface area (Å²) in [4.78, 5) is 0. The predicted molar refractivity (Wildman–Crippen MR) is 50.1 cm³/mol. The Balaban J connectivity index is 2.27. The molecule has 0 radical (unpaired) electrons. The number of nitrogens with two attached hydrogens (primary N) is 1. The summed E-state index contributed by atoms with van der Waals surface area (Å²) in [6.07, 6.45) is 0. The van der Waals surface area contributed by atoms with Crippen LogP contribution in [0.3, 0.4) is 0 Å². The van der Waals surface area contributed by atoms with Gasteiger partial charge < -0.3 is 5.73 Å². The van der Waals surface area contributed by atoms with E-state index in [1.54, 1.807) is 11.8 Å². The van der Waals surface area contributed by atoms with E-state index in [-0.39, 0.29) is 0 Å². The van der Waals surface area contributed by atoms with E-state index in [0.29, 0.717) is 11.0 Å². The number of nitrogens with zero attached hydrogens (tertiary/aromatic N) is 2. The maximum absolute atomic E-state index is 5.58. The van der Waals surface area contributed by atoms with Crippen molar-refractivity contribution in [1.82, 2.24) is 10.2 Å². The molecule has 6 heteroatoms. The van der Waals surface area contributed by atoms with E-state index in [1.807, 2.05) is 0 Å². The molecule has 0 aliphatic rings. The molecule has 2 N–H and O–H groups in total. The molecule has 0 spiro atoms. The first kappa shape index (κ1) is 9.25. The average Bonchev–Trinajstić information content (AvgIpc) is 2.37. The second-order valence-electron chi connectivity index (χ2n) is 1.79. The third-order valence-electron chi connectivity index (χ3n) is 0.930. The van der Waals surface area contributed by atoms with Crippen LogP contribution >= 0.6 is 34.7 Å². The first-order valence-electron chi connectivity index (χ1n) is 3.08. The van der Waals surface area contributed by atoms with E-state index in [9.17, 15) is 0 Å². The molecule has 1 aromatic rings. The summed E-state index contributed by atoms with van der Waals surface area (Å²) >= 11 is 8.75. The van der Waals surface area contributed by atoms with Gasteiger partial charge in [0.05, 0.1) is 0 Å². The quantitative estimate of drug-likeness (QED) is 0.762. The van der Waals surface area contributed by atoms with Crippen LogP contribution in [0.15, 0.2) is 0 Å². The third kappa shape index (κ3) is 3.37. The van der Waals surface area contributed by atoms with Gasteiger partial charge in [-0.05, 0) is 11.6 Å². The van der Waals surface area contributed by atoms with Crippen molar-refractivity contribution in [3.63, 3.8) is 0 Å². The van der Waals surface area contributed by atoms with Crippen LogP contribution in [-0.4, -0.2) is 22.5 Å². The maximum Gasteiger partial charge on any atom is 0.207 e. The van der Waals surface area contributed by atoms with Gasteiger partial charge in [-0.1, -0.05) is 11.3 Å². The van der Waals surface area contributed by atoms with Gasteiger partial charge in [0.25, 0.3) is 0 Å². The van der Waals surface area contributed by atoms with Crippen molar-refractivity contribution < 1.29 is 0 Å². The molecular weight excluding hydrogens is 202 g/mol. The van der Waals surface area contributed by atoms with Gasteiger partial charge in [-0.25, -0.2) is 0 Å². The Morgan fingerprint density at radius 1 is 1.55 bits per heavy atom. The molecule has 0 aliphatic carbocycles. The molecule has 0 aromatic carbocycles. The minimum absolute atomic E-state index is 0.508. The monoisotopic (exact) mass is 209 g/mol. The molecule has 0 unspecified atom stereocenters. The molecule has 0 atom stereocenters. The van der Waals surface area contributed by atoms with Crippen molar-refractivity contribution in [2.45, 2.75) is 5.75 Å². The number of hydrogen-bond acceptors (Lipinski definition) is 5. The highest BCUT2D eigenvalue weighted by Crippen LogP contribution is 2.19. The Bertz CT molecular complexity index is 215. The lowest BCUT2D eigenvalue weighted by atomic mass is 10.8. The third-order valence-corrected chi connectivity index (χ3v) is 3.13. The molecular formula is C5H8ClN3S2. The molecule has 62 valence electrons. The minimum Gasteiger partial charge on any atom is -0.330 e. The van der Waals surface area contributed by atoms with E-state index >= 15 is 0 Å². The molecule has 0 bridgehead atoms. The highest BCUT2D eigenvalue weighted by molar-refractivity contribution is 7.98. The average molecular weight is 210 g/mol. The Morgan fingerprint density at radius 3 is 2.91 bits per heavy atom. The second kappa shape index (κ2) is 4.92. The van der Waals surface area contributed by atoms with Gasteiger partial charge in [0.15, 0.2) is 0 Å². The van der Waals surface area contributed by atoms with Gasteiger partial charge in [0.1, 0.15) is 5.01 Å². The Labute approximate surface area is 78.3 Å². The van der Waals surface area contributed by atoms with E-state index < -0.39 is 0 Å². The first-order valence-corrected chi connectivity index (χ1v) is 5.43. The summed E-state index contributed by atoms with van der Waals surface area (Å²) in [6.45, 7) is 0.706. The van der Waals surface area contributed by atoms with Gasteiger partial charge >= 0.3 is 0 Å². The van der Waals surface area contributed by atoms with Crippen LogP contribution in [0.2, 0.25) is 4.47 Å². The molecule has 1 aromatic heterocycles. The molecule has 0 fully saturated rings. The van der Waals surface area contributed by atoms with Crippen molar-refractivity contribution in [1.29, 1.82) is 0 Å². The Kier molecular flexibility index (Phi) is 4.14. The topological polar surface area (TPSA) is 51.8 Å². The van der Waals surface area contributed by atoms with Crippen molar-refractivity contribution >= 4 is 34.7 Å². The van der Waals surface area contributed by atoms with E-state index in [4.69, 9.17) is 17.3 Å². The first-order chi connectivity index (χ1) is 5.33. The van der Waals surface area contributed by atoms with Crippen LogP contribution in [-0.2, 0) is 5.75 Å². The van der Waals surface area contributed by atoms with Gasteiger partial charge in [0, 0.05) is 18.1 Å². The predicted octanol–water partition coefficient (Wildman–Crippen LogP) is 1.38. The van der Waals surface area contributed by atoms with E-state index in [2.05, 4.69) is 10.2 Å². The fraction of sp³-hybridized carbons (Fsp3) is 0.600. The van der Waals surface area contributed by atoms with Gasteiger partial charge in [-0.2, -0.15) is 11.8 Å². The minimum atomic E-state index is 0.508. The molecule has 0 aliphatic heterocycles. The van der Waals surface area contributed by atoms with Crippen molar-refractivity contribution in [3.05, 3.63) is 9.47 Å². The normalized spacial score (nSPS) is 10.4. The fourth-order valence-corrected chi connectivity index (χ4v) is 2.23. The van der Waals surface area contributed by atoms with Gasteiger partial charge in [0.2, 0.25) is 4.47 Å². The zero-order valence-electron chi connectivity index (χ0n) is 5.79. The Morgan fingerprint density at radius 2 is 2.36 bits per heavy atom. The lowest BCUT2D eigenvalue weighted by Crippen LogP contribution is -2.01. The lowest BCUT2D eigenvalue weighted by molar-refractivity contribution is 1.04. The zero-order valence-corrected chi connectivity index (χ0v) is 8.18. The number of aromatic nitrogens is 2. The fourth-order valence-electron chi connectivity index (χ4n) is 0.534. The summed E-state index contributed by atoms with van der Waals surface area (Å²) in [5, 5.41) is 8.51. The molecule has 0 saturated carbocycles. The molecule has 0 saturated heterocycles. The zero-order chi connectivity index (χ0) is 8.10. The number of halogens is 1. The summed E-state index contributed by atoms with van der Waals surface area (Å²) in [5.74, 6) is 1.82. The summed E-state index contributed by atoms with van der Waals surface area (Å²) < 4.78 is 0.508. The standard InChI is InChI=1S/C5H8ClN3S2/c6-5-9-8-4(11-5)3-10-2-1-7/h1-3,7H2. The number of thioether (sulfide) groups is 1. The molecule has 0 amide bonds. The molecule has 1 rings (SSSR count). The van der Waals surface area contributed by atoms with Crippen molar-refractivity contribution in [3.8, 4) is 0 Å². The second-order valence-corrected chi connectivity index (χ2v) is 4.54. The highest BCUT2D eigenvalue weighted by atomic mass is 35.5. The van der Waals surface area contributed by atoms with Crippen LogP contribution in [0.5, 0.6) is 0 Å². The smallest absolute Gasteiger partial charge is 0.207 e. The maximum atomic E-state index is 5.58. The van der Waals surface area contributed by atoms with Gasteiger partial charge in [-0.3, -0.25) is 0 Å².